The van der Waals surface area contributed by atoms with Gasteiger partial charge in [-0.1, -0.05) is 24.3 Å². The molecular weight excluding hydrogens is 268 g/mol. The number of fused-ring (bicyclic) bond motifs is 2. The van der Waals surface area contributed by atoms with Gasteiger partial charge in [-0.25, -0.2) is 4.79 Å². The Balaban J connectivity index is 2.52. The first-order valence-electron chi connectivity index (χ1n) is 6.49. The number of aliphatic carboxylic acids is 1. The fourth-order valence-corrected chi connectivity index (χ4v) is 2.52. The van der Waals surface area contributed by atoms with Gasteiger partial charge in [0.25, 0.3) is 0 Å². The minimum atomic E-state index is -1.63. The molecule has 0 spiro atoms. The van der Waals surface area contributed by atoms with E-state index in [1.165, 1.54) is 6.92 Å². The second-order valence-corrected chi connectivity index (χ2v) is 5.24. The number of nitrogens with one attached hydrogen (secondary N) is 1. The van der Waals surface area contributed by atoms with E-state index in [0.29, 0.717) is 27.4 Å². The van der Waals surface area contributed by atoms with Crippen molar-refractivity contribution < 1.29 is 9.90 Å². The Labute approximate surface area is 120 Å². The van der Waals surface area contributed by atoms with Gasteiger partial charge < -0.3 is 15.8 Å². The summed E-state index contributed by atoms with van der Waals surface area (Å²) in [5, 5.41) is 10.2. The van der Waals surface area contributed by atoms with Crippen LogP contribution in [0.15, 0.2) is 47.3 Å². The monoisotopic (exact) mass is 282 g/mol. The molecule has 5 heteroatoms. The third-order valence-corrected chi connectivity index (χ3v) is 3.74. The number of carboxylic acid groups (broad SMARTS) is 1. The van der Waals surface area contributed by atoms with E-state index < -0.39 is 11.5 Å². The molecule has 4 N–H and O–H groups in total. The van der Waals surface area contributed by atoms with Gasteiger partial charge in [-0.3, -0.25) is 4.79 Å². The van der Waals surface area contributed by atoms with Crippen molar-refractivity contribution in [2.24, 2.45) is 5.73 Å². The molecule has 0 fully saturated rings. The van der Waals surface area contributed by atoms with Crippen molar-refractivity contribution >= 4 is 27.8 Å². The highest BCUT2D eigenvalue weighted by molar-refractivity contribution is 5.97. The summed E-state index contributed by atoms with van der Waals surface area (Å²) in [6, 6.07) is 12.1. The zero-order chi connectivity index (χ0) is 15.2. The van der Waals surface area contributed by atoms with E-state index >= 15 is 0 Å². The average Bonchev–Trinajstić information content (AvgIpc) is 2.46. The van der Waals surface area contributed by atoms with Gasteiger partial charge in [0.15, 0.2) is 5.43 Å². The van der Waals surface area contributed by atoms with Gasteiger partial charge in [0.05, 0.1) is 10.9 Å². The first kappa shape index (κ1) is 13.3. The molecule has 2 aromatic carbocycles. The van der Waals surface area contributed by atoms with Gasteiger partial charge in [-0.15, -0.1) is 0 Å². The van der Waals surface area contributed by atoms with Crippen LogP contribution in [0.4, 0.5) is 0 Å². The highest BCUT2D eigenvalue weighted by atomic mass is 16.4. The van der Waals surface area contributed by atoms with E-state index in [2.05, 4.69) is 4.98 Å². The van der Waals surface area contributed by atoms with E-state index in [0.717, 1.165) is 0 Å². The number of nitrogens with two attached hydrogens (primary N) is 1. The third-order valence-electron chi connectivity index (χ3n) is 3.74. The number of aromatic amines is 1. The van der Waals surface area contributed by atoms with Crippen molar-refractivity contribution in [3.05, 3.63) is 58.3 Å². The van der Waals surface area contributed by atoms with Gasteiger partial charge in [-0.2, -0.15) is 0 Å². The van der Waals surface area contributed by atoms with Crippen LogP contribution in [0.3, 0.4) is 0 Å². The summed E-state index contributed by atoms with van der Waals surface area (Å²) in [7, 11) is 0. The fourth-order valence-electron chi connectivity index (χ4n) is 2.52. The standard InChI is InChI=1S/C16H14N2O3/c1-16(17,15(20)21)10-6-4-8-12-13(10)14(19)9-5-2-3-7-11(9)18-12/h2-8H,17H2,1H3,(H,18,19)(H,20,21)/t16-/m1/s1. The molecule has 0 aliphatic heterocycles. The molecule has 21 heavy (non-hydrogen) atoms. The minimum Gasteiger partial charge on any atom is -0.480 e. The van der Waals surface area contributed by atoms with Crippen molar-refractivity contribution in [2.75, 3.05) is 0 Å². The van der Waals surface area contributed by atoms with Gasteiger partial charge in [0, 0.05) is 10.9 Å². The molecule has 3 rings (SSSR count). The van der Waals surface area contributed by atoms with Crippen LogP contribution in [-0.4, -0.2) is 16.1 Å². The number of benzene rings is 2. The summed E-state index contributed by atoms with van der Waals surface area (Å²) < 4.78 is 0. The van der Waals surface area contributed by atoms with Gasteiger partial charge in [0.1, 0.15) is 5.54 Å². The van der Waals surface area contributed by atoms with E-state index in [1.54, 1.807) is 30.3 Å². The second kappa shape index (κ2) is 4.43. The predicted octanol–water partition coefficient (Wildman–Crippen LogP) is 1.94. The molecule has 1 atom stereocenters. The van der Waals surface area contributed by atoms with Gasteiger partial charge in [-0.05, 0) is 30.7 Å². The normalized spacial score (nSPS) is 14.2. The van der Waals surface area contributed by atoms with E-state index in [9.17, 15) is 14.7 Å². The highest BCUT2D eigenvalue weighted by Crippen LogP contribution is 2.25. The summed E-state index contributed by atoms with van der Waals surface area (Å²) in [6.45, 7) is 1.39. The molecular formula is C16H14N2O3. The molecule has 1 heterocycles. The van der Waals surface area contributed by atoms with Gasteiger partial charge in [0.2, 0.25) is 0 Å². The lowest BCUT2D eigenvalue weighted by molar-refractivity contribution is -0.142. The topological polar surface area (TPSA) is 96.2 Å². The summed E-state index contributed by atoms with van der Waals surface area (Å²) in [5.41, 5.74) is 5.66. The molecule has 0 aliphatic rings. The lowest BCUT2D eigenvalue weighted by Gasteiger charge is -2.21. The molecule has 0 saturated heterocycles. The molecule has 106 valence electrons. The van der Waals surface area contributed by atoms with Crippen LogP contribution in [-0.2, 0) is 10.3 Å². The van der Waals surface area contributed by atoms with Crippen LogP contribution in [0.2, 0.25) is 0 Å². The SMILES string of the molecule is C[C@](N)(C(=O)O)c1cccc2[nH]c3ccccc3c(=O)c12. The first-order valence-corrected chi connectivity index (χ1v) is 6.49. The molecule has 0 unspecified atom stereocenters. The minimum absolute atomic E-state index is 0.215. The molecule has 5 nitrogen and oxygen atoms in total. The maximum absolute atomic E-state index is 12.7. The zero-order valence-electron chi connectivity index (χ0n) is 11.4. The molecule has 3 aromatic rings. The Hall–Kier alpha value is -2.66. The number of carbonyl (C=O) groups is 1. The average molecular weight is 282 g/mol. The summed E-state index contributed by atoms with van der Waals surface area (Å²) in [5.74, 6) is -1.18. The molecule has 1 aromatic heterocycles. The quantitative estimate of drug-likeness (QED) is 0.626. The van der Waals surface area contributed by atoms with Crippen LogP contribution in [0.1, 0.15) is 12.5 Å². The first-order chi connectivity index (χ1) is 9.93. The Bertz CT molecular complexity index is 926. The number of rotatable bonds is 2. The van der Waals surface area contributed by atoms with Crippen molar-refractivity contribution in [3.8, 4) is 0 Å². The smallest absolute Gasteiger partial charge is 0.328 e. The van der Waals surface area contributed by atoms with Crippen LogP contribution in [0.25, 0.3) is 21.8 Å². The predicted molar refractivity (Wildman–Crippen MR) is 81.2 cm³/mol. The lowest BCUT2D eigenvalue weighted by Crippen LogP contribution is -2.42. The second-order valence-electron chi connectivity index (χ2n) is 5.24. The maximum atomic E-state index is 12.7. The maximum Gasteiger partial charge on any atom is 0.328 e. The number of para-hydroxylation sites is 1. The van der Waals surface area contributed by atoms with Crippen molar-refractivity contribution in [3.63, 3.8) is 0 Å². The van der Waals surface area contributed by atoms with Crippen LogP contribution in [0.5, 0.6) is 0 Å². The van der Waals surface area contributed by atoms with Crippen molar-refractivity contribution in [2.45, 2.75) is 12.5 Å². The summed E-state index contributed by atoms with van der Waals surface area (Å²) in [6.07, 6.45) is 0. The van der Waals surface area contributed by atoms with Crippen molar-refractivity contribution in [1.29, 1.82) is 0 Å². The number of hydrogen-bond acceptors (Lipinski definition) is 3. The Morgan fingerprint density at radius 3 is 2.52 bits per heavy atom. The van der Waals surface area contributed by atoms with Crippen LogP contribution in [0, 0.1) is 0 Å². The summed E-state index contributed by atoms with van der Waals surface area (Å²) >= 11 is 0. The van der Waals surface area contributed by atoms with E-state index in [4.69, 9.17) is 5.73 Å². The highest BCUT2D eigenvalue weighted by Gasteiger charge is 2.32. The largest absolute Gasteiger partial charge is 0.480 e. The van der Waals surface area contributed by atoms with E-state index in [-0.39, 0.29) is 5.43 Å². The Kier molecular flexibility index (Phi) is 2.81. The van der Waals surface area contributed by atoms with Crippen LogP contribution < -0.4 is 11.2 Å². The molecule has 0 saturated carbocycles. The van der Waals surface area contributed by atoms with Crippen LogP contribution >= 0.6 is 0 Å². The molecule has 0 aliphatic carbocycles. The summed E-state index contributed by atoms with van der Waals surface area (Å²) in [4.78, 5) is 27.3. The Morgan fingerprint density at radius 2 is 1.81 bits per heavy atom. The number of pyridine rings is 1. The van der Waals surface area contributed by atoms with E-state index in [1.807, 2.05) is 12.1 Å². The van der Waals surface area contributed by atoms with Crippen molar-refractivity contribution in [1.82, 2.24) is 4.98 Å². The number of H-pyrrole nitrogens is 1. The lowest BCUT2D eigenvalue weighted by atomic mass is 9.89. The Morgan fingerprint density at radius 1 is 1.14 bits per heavy atom. The van der Waals surface area contributed by atoms with Gasteiger partial charge >= 0.3 is 5.97 Å². The number of hydrogen-bond donors (Lipinski definition) is 3. The zero-order valence-corrected chi connectivity index (χ0v) is 11.4. The molecule has 0 radical (unpaired) electrons. The number of carboxylic acids is 1. The fraction of sp³-hybridized carbons (Fsp3) is 0.125. The molecule has 0 bridgehead atoms. The molecule has 0 amide bonds. The third kappa shape index (κ3) is 1.90. The number of aromatic nitrogens is 1.